The second-order valence-electron chi connectivity index (χ2n) is 2.29. The Labute approximate surface area is 112 Å². The summed E-state index contributed by atoms with van der Waals surface area (Å²) in [5, 5.41) is 7.60. The zero-order valence-electron chi connectivity index (χ0n) is 5.74. The molecule has 1 aromatic carbocycles. The fraction of sp³-hybridized carbons (Fsp3) is 0. The molecule has 56 valence electrons. The van der Waals surface area contributed by atoms with E-state index in [2.05, 4.69) is 10.2 Å². The Morgan fingerprint density at radius 3 is 2.75 bits per heavy atom. The minimum absolute atomic E-state index is 0. The van der Waals surface area contributed by atoms with E-state index in [1.54, 1.807) is 12.3 Å². The number of nitrogens with zero attached hydrogens (tertiary/aromatic N) is 1. The van der Waals surface area contributed by atoms with E-state index >= 15 is 0 Å². The zero-order valence-corrected chi connectivity index (χ0v) is 5.74. The van der Waals surface area contributed by atoms with Crippen molar-refractivity contribution in [3.05, 3.63) is 40.8 Å². The number of nitrogens with one attached hydrogen (secondary N) is 1. The molecule has 0 amide bonds. The van der Waals surface area contributed by atoms with Gasteiger partial charge >= 0.3 is 51.4 Å². The molecule has 2 rings (SSSR count). The molecule has 0 aliphatic carbocycles. The van der Waals surface area contributed by atoms with Gasteiger partial charge in [0.2, 0.25) is 0 Å². The molecule has 0 aliphatic heterocycles. The van der Waals surface area contributed by atoms with E-state index in [9.17, 15) is 4.79 Å². The van der Waals surface area contributed by atoms with Crippen molar-refractivity contribution in [2.24, 2.45) is 0 Å². The summed E-state index contributed by atoms with van der Waals surface area (Å²) in [5.41, 5.74) is -0.136. The third kappa shape index (κ3) is 1.84. The molecule has 0 unspecified atom stereocenters. The molecule has 1 N–H and O–H groups in total. The maximum absolute atomic E-state index is 11.1. The Bertz CT molecular complexity index is 433. The summed E-state index contributed by atoms with van der Waals surface area (Å²) in [5.74, 6) is 0. The third-order valence-electron chi connectivity index (χ3n) is 1.58. The first kappa shape index (κ1) is 10.1. The first-order valence-electron chi connectivity index (χ1n) is 3.30. The molecule has 0 aliphatic rings. The predicted molar refractivity (Wildman–Crippen MR) is 49.5 cm³/mol. The van der Waals surface area contributed by atoms with Gasteiger partial charge in [-0.25, -0.2) is 5.10 Å². The summed E-state index contributed by atoms with van der Waals surface area (Å²) in [7, 11) is 0. The van der Waals surface area contributed by atoms with Crippen LogP contribution < -0.4 is 5.56 Å². The van der Waals surface area contributed by atoms with Crippen LogP contribution in [0, 0.1) is 0 Å². The van der Waals surface area contributed by atoms with E-state index < -0.39 is 0 Å². The van der Waals surface area contributed by atoms with E-state index in [0.717, 1.165) is 5.39 Å². The molecule has 3 nitrogen and oxygen atoms in total. The number of hydrogen-bond donors (Lipinski definition) is 1. The van der Waals surface area contributed by atoms with Crippen LogP contribution >= 0.6 is 0 Å². The molecule has 0 bridgehead atoms. The number of aromatic nitrogens is 2. The number of H-pyrrole nitrogens is 1. The average Bonchev–Trinajstić information content (AvgIpc) is 2.06. The van der Waals surface area contributed by atoms with Crippen LogP contribution in [0.5, 0.6) is 0 Å². The summed E-state index contributed by atoms with van der Waals surface area (Å²) >= 11 is 0. The Morgan fingerprint density at radius 2 is 2.00 bits per heavy atom. The molecule has 0 spiro atoms. The van der Waals surface area contributed by atoms with Gasteiger partial charge in [-0.2, -0.15) is 5.10 Å². The molecular weight excluding hydrogens is 179 g/mol. The predicted octanol–water partition coefficient (Wildman–Crippen LogP) is 0.275. The van der Waals surface area contributed by atoms with Gasteiger partial charge in [0.1, 0.15) is 0 Å². The van der Waals surface area contributed by atoms with E-state index in [0.29, 0.717) is 5.39 Å². The van der Waals surface area contributed by atoms with Crippen molar-refractivity contribution >= 4 is 62.2 Å². The molecule has 0 radical (unpaired) electrons. The van der Waals surface area contributed by atoms with Gasteiger partial charge in [-0.3, -0.25) is 4.79 Å². The van der Waals surface area contributed by atoms with E-state index in [4.69, 9.17) is 0 Å². The zero-order chi connectivity index (χ0) is 7.68. The quantitative estimate of drug-likeness (QED) is 0.600. The van der Waals surface area contributed by atoms with Crippen LogP contribution in [0.15, 0.2) is 35.3 Å². The Kier molecular flexibility index (Phi) is 3.61. The van der Waals surface area contributed by atoms with Gasteiger partial charge in [-0.05, 0) is 6.07 Å². The Morgan fingerprint density at radius 1 is 1.25 bits per heavy atom. The molecule has 0 atom stereocenters. The summed E-state index contributed by atoms with van der Waals surface area (Å²) < 4.78 is 0. The minimum atomic E-state index is -0.136. The number of benzene rings is 1. The molecule has 12 heavy (non-hydrogen) atoms. The number of aromatic amines is 1. The van der Waals surface area contributed by atoms with Gasteiger partial charge in [-0.1, -0.05) is 18.2 Å². The topological polar surface area (TPSA) is 45.8 Å². The molecule has 0 fully saturated rings. The van der Waals surface area contributed by atoms with Crippen LogP contribution in [-0.2, 0) is 0 Å². The maximum atomic E-state index is 11.1. The van der Waals surface area contributed by atoms with Crippen LogP contribution in [0.4, 0.5) is 0 Å². The summed E-state index contributed by atoms with van der Waals surface area (Å²) in [6, 6.07) is 7.34. The number of rotatable bonds is 0. The van der Waals surface area contributed by atoms with Crippen molar-refractivity contribution in [2.75, 3.05) is 0 Å². The molecular formula is C8H7KN2O. The number of hydrogen-bond acceptors (Lipinski definition) is 2. The first-order valence-corrected chi connectivity index (χ1v) is 3.30. The monoisotopic (exact) mass is 186 g/mol. The molecule has 2 aromatic rings. The molecule has 0 saturated carbocycles. The van der Waals surface area contributed by atoms with Crippen molar-refractivity contribution < 1.29 is 0 Å². The average molecular weight is 186 g/mol. The van der Waals surface area contributed by atoms with Gasteiger partial charge in [0, 0.05) is 10.8 Å². The first-order chi connectivity index (χ1) is 5.38. The summed E-state index contributed by atoms with van der Waals surface area (Å²) in [6.07, 6.45) is 1.64. The summed E-state index contributed by atoms with van der Waals surface area (Å²) in [6.45, 7) is 0. The summed E-state index contributed by atoms with van der Waals surface area (Å²) in [4.78, 5) is 11.1. The molecule has 1 aromatic heterocycles. The van der Waals surface area contributed by atoms with Gasteiger partial charge in [-0.15, -0.1) is 0 Å². The normalized spacial score (nSPS) is 9.33. The van der Waals surface area contributed by atoms with Gasteiger partial charge in [0.15, 0.2) is 0 Å². The van der Waals surface area contributed by atoms with Crippen LogP contribution in [-0.4, -0.2) is 61.6 Å². The number of fused-ring (bicyclic) bond motifs is 1. The van der Waals surface area contributed by atoms with Crippen LogP contribution in [0.3, 0.4) is 0 Å². The molecule has 1 heterocycles. The van der Waals surface area contributed by atoms with Crippen molar-refractivity contribution in [3.8, 4) is 0 Å². The van der Waals surface area contributed by atoms with Gasteiger partial charge in [0.25, 0.3) is 5.56 Å². The van der Waals surface area contributed by atoms with Crippen molar-refractivity contribution in [1.82, 2.24) is 10.2 Å². The molecule has 0 saturated heterocycles. The second kappa shape index (κ2) is 4.29. The van der Waals surface area contributed by atoms with Crippen molar-refractivity contribution in [2.45, 2.75) is 0 Å². The van der Waals surface area contributed by atoms with Crippen molar-refractivity contribution in [3.63, 3.8) is 0 Å². The van der Waals surface area contributed by atoms with E-state index in [-0.39, 0.29) is 56.9 Å². The molecule has 4 heteroatoms. The Balaban J connectivity index is 0.000000720. The fourth-order valence-electron chi connectivity index (χ4n) is 1.04. The second-order valence-corrected chi connectivity index (χ2v) is 2.29. The van der Waals surface area contributed by atoms with Gasteiger partial charge in [0.05, 0.1) is 6.20 Å². The van der Waals surface area contributed by atoms with Crippen molar-refractivity contribution in [1.29, 1.82) is 0 Å². The van der Waals surface area contributed by atoms with E-state index in [1.165, 1.54) is 0 Å². The van der Waals surface area contributed by atoms with Crippen LogP contribution in [0.1, 0.15) is 0 Å². The SMILES string of the molecule is O=c1[nH]ncc2ccccc12.[KH]. The third-order valence-corrected chi connectivity index (χ3v) is 1.58. The van der Waals surface area contributed by atoms with Crippen LogP contribution in [0.25, 0.3) is 10.8 Å². The fourth-order valence-corrected chi connectivity index (χ4v) is 1.04. The Hall–Kier alpha value is -0.00364. The standard InChI is InChI=1S/C8H6N2O.K.H/c11-8-7-4-2-1-3-6(7)5-9-10-8;;/h1-5H,(H,10,11);;. The van der Waals surface area contributed by atoms with Gasteiger partial charge < -0.3 is 0 Å². The van der Waals surface area contributed by atoms with E-state index in [1.807, 2.05) is 18.2 Å². The van der Waals surface area contributed by atoms with Crippen LogP contribution in [0.2, 0.25) is 0 Å².